The van der Waals surface area contributed by atoms with Crippen molar-refractivity contribution in [3.63, 3.8) is 0 Å². The second-order valence-corrected chi connectivity index (χ2v) is 13.7. The van der Waals surface area contributed by atoms with Gasteiger partial charge in [0.05, 0.1) is 0 Å². The van der Waals surface area contributed by atoms with E-state index < -0.39 is 18.5 Å². The van der Waals surface area contributed by atoms with Crippen molar-refractivity contribution in [2.75, 3.05) is 24.6 Å². The van der Waals surface area contributed by atoms with Gasteiger partial charge in [0.2, 0.25) is 0 Å². The molecule has 0 aromatic heterocycles. The highest BCUT2D eigenvalue weighted by atomic mass is 32.2. The number of phenols is 2. The molecule has 10 heteroatoms. The summed E-state index contributed by atoms with van der Waals surface area (Å²) in [6, 6.07) is 20.5. The van der Waals surface area contributed by atoms with Gasteiger partial charge in [-0.3, -0.25) is 0 Å². The molecule has 3 aromatic rings. The standard InChI is InChI=1S/C39H46F5NO3S/c1-28-34-27-33(47)19-20-35(34)48-37(36(28)31-13-9-14-32(46)26-31)30-17-15-29(16-18-30)12-10-23-45-22-7-5-3-2-4-6-8-24-49-25-11-21-38(40,41)39(42,43)44/h9-10,12-20,26-27,37,45-47H,2-8,11,21-25H2,1H3/b12-10+. The normalized spacial score (nSPS) is 15.1. The first kappa shape index (κ1) is 38.3. The number of unbranched alkanes of at least 4 members (excludes halogenated alkanes) is 6. The van der Waals surface area contributed by atoms with Gasteiger partial charge < -0.3 is 20.3 Å². The van der Waals surface area contributed by atoms with Crippen LogP contribution >= 0.6 is 11.8 Å². The van der Waals surface area contributed by atoms with Crippen molar-refractivity contribution in [3.05, 3.63) is 95.1 Å². The van der Waals surface area contributed by atoms with E-state index in [-0.39, 0.29) is 24.0 Å². The number of thioether (sulfide) groups is 1. The Morgan fingerprint density at radius 2 is 1.47 bits per heavy atom. The number of fused-ring (bicyclic) bond motifs is 1. The molecule has 1 aliphatic rings. The molecule has 0 bridgehead atoms. The van der Waals surface area contributed by atoms with E-state index in [1.807, 2.05) is 19.1 Å². The van der Waals surface area contributed by atoms with Gasteiger partial charge in [-0.15, -0.1) is 0 Å². The molecule has 0 saturated carbocycles. The summed E-state index contributed by atoms with van der Waals surface area (Å²) in [6.45, 7) is 3.72. The molecule has 0 aliphatic carbocycles. The van der Waals surface area contributed by atoms with Gasteiger partial charge in [-0.1, -0.05) is 80.7 Å². The van der Waals surface area contributed by atoms with Crippen molar-refractivity contribution in [2.45, 2.75) is 82.9 Å². The molecule has 1 atom stereocenters. The maximum Gasteiger partial charge on any atom is 0.453 e. The summed E-state index contributed by atoms with van der Waals surface area (Å²) < 4.78 is 68.7. The summed E-state index contributed by atoms with van der Waals surface area (Å²) in [7, 11) is 0. The Morgan fingerprint density at radius 1 is 0.796 bits per heavy atom. The highest BCUT2D eigenvalue weighted by Crippen LogP contribution is 2.47. The number of hydrogen-bond donors (Lipinski definition) is 3. The molecular formula is C39H46F5NO3S. The fourth-order valence-corrected chi connectivity index (χ4v) is 6.82. The first-order valence-corrected chi connectivity index (χ1v) is 18.1. The molecule has 3 N–H and O–H groups in total. The Hall–Kier alpha value is -3.50. The summed E-state index contributed by atoms with van der Waals surface area (Å²) in [4.78, 5) is 0. The van der Waals surface area contributed by atoms with E-state index in [1.165, 1.54) is 11.8 Å². The topological polar surface area (TPSA) is 61.7 Å². The Kier molecular flexibility index (Phi) is 14.4. The highest BCUT2D eigenvalue weighted by molar-refractivity contribution is 7.99. The Labute approximate surface area is 290 Å². The molecule has 1 aliphatic heterocycles. The number of phenolic OH excluding ortho intramolecular Hbond substituents is 2. The number of nitrogens with one attached hydrogen (secondary N) is 1. The van der Waals surface area contributed by atoms with Gasteiger partial charge in [0, 0.05) is 24.1 Å². The van der Waals surface area contributed by atoms with Crippen molar-refractivity contribution in [1.82, 2.24) is 5.32 Å². The number of allylic oxidation sites excluding steroid dienone is 1. The molecular weight excluding hydrogens is 657 g/mol. The minimum atomic E-state index is -5.45. The van der Waals surface area contributed by atoms with Crippen LogP contribution in [0.25, 0.3) is 17.2 Å². The van der Waals surface area contributed by atoms with Gasteiger partial charge in [-0.2, -0.15) is 33.7 Å². The van der Waals surface area contributed by atoms with E-state index >= 15 is 0 Å². The van der Waals surface area contributed by atoms with Gasteiger partial charge in [-0.25, -0.2) is 0 Å². The van der Waals surface area contributed by atoms with E-state index in [0.717, 1.165) is 97.2 Å². The van der Waals surface area contributed by atoms with Crippen LogP contribution in [0.15, 0.2) is 72.8 Å². The molecule has 266 valence electrons. The molecule has 4 rings (SSSR count). The van der Waals surface area contributed by atoms with Crippen LogP contribution in [-0.4, -0.2) is 46.9 Å². The summed E-state index contributed by atoms with van der Waals surface area (Å²) in [6.07, 6.45) is 4.78. The second kappa shape index (κ2) is 18.5. The van der Waals surface area contributed by atoms with Crippen molar-refractivity contribution in [1.29, 1.82) is 0 Å². The molecule has 4 nitrogen and oxygen atoms in total. The minimum Gasteiger partial charge on any atom is -0.508 e. The molecule has 0 spiro atoms. The lowest BCUT2D eigenvalue weighted by Crippen LogP contribution is -2.36. The SMILES string of the molecule is CC1=C(c2cccc(O)c2)C(c2ccc(/C=C/CNCCCCCCCCCSCCCC(F)(F)C(F)(F)F)cc2)Oc2ccc(O)cc21. The summed E-state index contributed by atoms with van der Waals surface area (Å²) in [5.41, 5.74) is 5.66. The number of aromatic hydroxyl groups is 2. The molecule has 0 saturated heterocycles. The Morgan fingerprint density at radius 3 is 2.18 bits per heavy atom. The van der Waals surface area contributed by atoms with E-state index in [9.17, 15) is 32.2 Å². The van der Waals surface area contributed by atoms with Crippen molar-refractivity contribution < 1.29 is 36.9 Å². The number of ether oxygens (including phenoxy) is 1. The van der Waals surface area contributed by atoms with Crippen LogP contribution < -0.4 is 10.1 Å². The third kappa shape index (κ3) is 11.5. The number of alkyl halides is 5. The summed E-state index contributed by atoms with van der Waals surface area (Å²) in [5, 5.41) is 23.7. The maximum absolute atomic E-state index is 12.9. The maximum atomic E-state index is 12.9. The molecule has 0 fully saturated rings. The predicted octanol–water partition coefficient (Wildman–Crippen LogP) is 11.2. The van der Waals surface area contributed by atoms with E-state index in [4.69, 9.17) is 4.74 Å². The van der Waals surface area contributed by atoms with Crippen LogP contribution in [0, 0.1) is 0 Å². The third-order valence-electron chi connectivity index (χ3n) is 8.58. The van der Waals surface area contributed by atoms with Crippen LogP contribution in [0.3, 0.4) is 0 Å². The lowest BCUT2D eigenvalue weighted by Gasteiger charge is -2.31. The minimum absolute atomic E-state index is 0.128. The number of rotatable bonds is 19. The van der Waals surface area contributed by atoms with Crippen LogP contribution in [0.2, 0.25) is 0 Å². The van der Waals surface area contributed by atoms with Crippen molar-refractivity contribution >= 4 is 29.0 Å². The molecule has 0 amide bonds. The van der Waals surface area contributed by atoms with E-state index in [1.54, 1.807) is 30.3 Å². The first-order chi connectivity index (χ1) is 23.5. The van der Waals surface area contributed by atoms with Gasteiger partial charge in [0.15, 0.2) is 0 Å². The van der Waals surface area contributed by atoms with E-state index in [2.05, 4.69) is 41.7 Å². The first-order valence-electron chi connectivity index (χ1n) is 17.0. The van der Waals surface area contributed by atoms with Crippen molar-refractivity contribution in [3.8, 4) is 17.2 Å². The zero-order chi connectivity index (χ0) is 35.3. The second-order valence-electron chi connectivity index (χ2n) is 12.4. The Balaban J connectivity index is 1.11. The van der Waals surface area contributed by atoms with Crippen LogP contribution in [0.1, 0.15) is 93.1 Å². The highest BCUT2D eigenvalue weighted by Gasteiger charge is 2.56. The molecule has 1 unspecified atom stereocenters. The third-order valence-corrected chi connectivity index (χ3v) is 9.74. The molecule has 3 aromatic carbocycles. The fraction of sp³-hybridized carbons (Fsp3) is 0.436. The zero-order valence-corrected chi connectivity index (χ0v) is 28.7. The molecule has 49 heavy (non-hydrogen) atoms. The quantitative estimate of drug-likeness (QED) is 0.0857. The average Bonchev–Trinajstić information content (AvgIpc) is 3.06. The van der Waals surface area contributed by atoms with Crippen LogP contribution in [-0.2, 0) is 0 Å². The largest absolute Gasteiger partial charge is 0.508 e. The summed E-state index contributed by atoms with van der Waals surface area (Å²) >= 11 is 1.45. The number of halogens is 5. The lowest BCUT2D eigenvalue weighted by atomic mass is 9.86. The number of hydrogen-bond acceptors (Lipinski definition) is 5. The molecule has 1 heterocycles. The fourth-order valence-electron chi connectivity index (χ4n) is 5.86. The smallest absolute Gasteiger partial charge is 0.453 e. The van der Waals surface area contributed by atoms with Gasteiger partial charge in [0.1, 0.15) is 23.4 Å². The van der Waals surface area contributed by atoms with Gasteiger partial charge in [-0.05, 0) is 96.8 Å². The van der Waals surface area contributed by atoms with Crippen molar-refractivity contribution in [2.24, 2.45) is 0 Å². The van der Waals surface area contributed by atoms with Crippen LogP contribution in [0.5, 0.6) is 17.2 Å². The Bertz CT molecular complexity index is 1540. The zero-order valence-electron chi connectivity index (χ0n) is 27.9. The average molecular weight is 704 g/mol. The predicted molar refractivity (Wildman–Crippen MR) is 190 cm³/mol. The van der Waals surface area contributed by atoms with Gasteiger partial charge in [0.25, 0.3) is 0 Å². The van der Waals surface area contributed by atoms with Gasteiger partial charge >= 0.3 is 12.1 Å². The monoisotopic (exact) mass is 703 g/mol. The molecule has 0 radical (unpaired) electrons. The van der Waals surface area contributed by atoms with E-state index in [0.29, 0.717) is 11.5 Å². The number of benzene rings is 3. The van der Waals surface area contributed by atoms with Crippen LogP contribution in [0.4, 0.5) is 22.0 Å². The lowest BCUT2D eigenvalue weighted by molar-refractivity contribution is -0.284. The summed E-state index contributed by atoms with van der Waals surface area (Å²) in [5.74, 6) is -2.40.